The fraction of sp³-hybridized carbons (Fsp3) is 0.406. The van der Waals surface area contributed by atoms with Gasteiger partial charge in [-0.15, -0.1) is 0 Å². The van der Waals surface area contributed by atoms with Crippen LogP contribution in [-0.4, -0.2) is 99.2 Å². The lowest BCUT2D eigenvalue weighted by molar-refractivity contribution is -0.192. The van der Waals surface area contributed by atoms with E-state index >= 15 is 0 Å². The number of alkyl halides is 3. The van der Waals surface area contributed by atoms with Gasteiger partial charge in [-0.1, -0.05) is 48.5 Å². The van der Waals surface area contributed by atoms with E-state index in [0.717, 1.165) is 11.3 Å². The number of aromatic nitrogens is 2. The molecular formula is C32H39F3N6O6. The number of piperazine rings is 1. The highest BCUT2D eigenvalue weighted by Gasteiger charge is 2.38. The van der Waals surface area contributed by atoms with Crippen molar-refractivity contribution in [1.29, 1.82) is 0 Å². The Morgan fingerprint density at radius 2 is 1.66 bits per heavy atom. The van der Waals surface area contributed by atoms with Crippen LogP contribution in [-0.2, 0) is 14.4 Å². The van der Waals surface area contributed by atoms with Crippen LogP contribution in [0, 0.1) is 0 Å². The lowest BCUT2D eigenvalue weighted by atomic mass is 10.1. The molecule has 0 unspecified atom stereocenters. The normalized spacial score (nSPS) is 14.6. The first-order valence-corrected chi connectivity index (χ1v) is 15.0. The van der Waals surface area contributed by atoms with E-state index in [4.69, 9.17) is 25.4 Å². The third kappa shape index (κ3) is 9.78. The number of rotatable bonds is 11. The number of imidazole rings is 1. The van der Waals surface area contributed by atoms with Gasteiger partial charge in [0, 0.05) is 50.6 Å². The summed E-state index contributed by atoms with van der Waals surface area (Å²) >= 11 is 0. The number of nitrogens with two attached hydrogens (primary N) is 1. The number of amides is 3. The molecule has 1 atom stereocenters. The molecule has 4 rings (SSSR count). The summed E-state index contributed by atoms with van der Waals surface area (Å²) in [5.41, 5.74) is 7.89. The number of ether oxygens (including phenoxy) is 1. The van der Waals surface area contributed by atoms with Crippen LogP contribution in [0.1, 0.15) is 44.1 Å². The first-order chi connectivity index (χ1) is 22.3. The van der Waals surface area contributed by atoms with Crippen molar-refractivity contribution in [3.8, 4) is 23.0 Å². The Kier molecular flexibility index (Phi) is 12.9. The summed E-state index contributed by atoms with van der Waals surface area (Å²) < 4.78 is 39.6. The van der Waals surface area contributed by atoms with E-state index in [2.05, 4.69) is 5.32 Å². The molecule has 12 nitrogen and oxygen atoms in total. The van der Waals surface area contributed by atoms with E-state index in [0.29, 0.717) is 50.2 Å². The topological polar surface area (TPSA) is 160 Å². The summed E-state index contributed by atoms with van der Waals surface area (Å²) in [4.78, 5) is 55.8. The average Bonchev–Trinajstić information content (AvgIpc) is 3.42. The molecule has 3 aromatic rings. The zero-order valence-corrected chi connectivity index (χ0v) is 26.4. The zero-order chi connectivity index (χ0) is 34.7. The number of primary amides is 1. The van der Waals surface area contributed by atoms with Gasteiger partial charge in [0.2, 0.25) is 11.8 Å². The smallest absolute Gasteiger partial charge is 0.475 e. The van der Waals surface area contributed by atoms with Crippen molar-refractivity contribution < 1.29 is 42.2 Å². The minimum absolute atomic E-state index is 0.00875. The molecular weight excluding hydrogens is 621 g/mol. The maximum absolute atomic E-state index is 14.3. The molecule has 3 amide bonds. The Morgan fingerprint density at radius 1 is 1.06 bits per heavy atom. The number of benzene rings is 2. The van der Waals surface area contributed by atoms with Gasteiger partial charge in [-0.2, -0.15) is 18.2 Å². The predicted molar refractivity (Wildman–Crippen MR) is 167 cm³/mol. The molecule has 1 aliphatic heterocycles. The Bertz CT molecular complexity index is 1510. The fourth-order valence-corrected chi connectivity index (χ4v) is 4.98. The second-order valence-corrected chi connectivity index (χ2v) is 10.8. The Balaban J connectivity index is 0.000000771. The van der Waals surface area contributed by atoms with Crippen LogP contribution in [0.2, 0.25) is 0 Å². The summed E-state index contributed by atoms with van der Waals surface area (Å²) in [6.45, 7) is 8.05. The molecule has 1 fully saturated rings. The maximum Gasteiger partial charge on any atom is 0.490 e. The number of carboxylic acid groups (broad SMARTS) is 1. The van der Waals surface area contributed by atoms with Crippen molar-refractivity contribution >= 4 is 23.7 Å². The third-order valence-electron chi connectivity index (χ3n) is 7.17. The fourth-order valence-electron chi connectivity index (χ4n) is 4.98. The first-order valence-electron chi connectivity index (χ1n) is 15.0. The van der Waals surface area contributed by atoms with Crippen LogP contribution >= 0.6 is 0 Å². The first kappa shape index (κ1) is 36.5. The highest BCUT2D eigenvalue weighted by Crippen LogP contribution is 2.33. The summed E-state index contributed by atoms with van der Waals surface area (Å²) in [6.07, 6.45) is -5.05. The number of halogens is 3. The molecule has 0 spiro atoms. The zero-order valence-electron chi connectivity index (χ0n) is 26.4. The van der Waals surface area contributed by atoms with E-state index in [1.807, 2.05) is 86.0 Å². The summed E-state index contributed by atoms with van der Waals surface area (Å²) in [5.74, 6) is -3.66. The molecule has 1 aliphatic rings. The SMILES string of the molecule is CCOc1nc(C(=O)N2CCNC[C@H]2CN(C(=O)CCC(N)=O)C(C)C)c(-c2ccccc2)n1-c1ccccc1.O=C(O)C(F)(F)F. The summed E-state index contributed by atoms with van der Waals surface area (Å²) in [6, 6.07) is 19.4. The number of carbonyl (C=O) groups excluding carboxylic acids is 3. The lowest BCUT2D eigenvalue weighted by Crippen LogP contribution is -2.59. The minimum Gasteiger partial charge on any atom is -0.475 e. The van der Waals surface area contributed by atoms with Crippen LogP contribution in [0.4, 0.5) is 13.2 Å². The molecule has 0 radical (unpaired) electrons. The highest BCUT2D eigenvalue weighted by molar-refractivity contribution is 5.99. The van der Waals surface area contributed by atoms with Crippen molar-refractivity contribution in [3.63, 3.8) is 0 Å². The molecule has 0 saturated carbocycles. The van der Waals surface area contributed by atoms with Gasteiger partial charge in [0.1, 0.15) is 0 Å². The van der Waals surface area contributed by atoms with E-state index in [9.17, 15) is 27.6 Å². The van der Waals surface area contributed by atoms with Crippen molar-refractivity contribution in [2.75, 3.05) is 32.8 Å². The molecule has 4 N–H and O–H groups in total. The van der Waals surface area contributed by atoms with Crippen LogP contribution in [0.5, 0.6) is 6.01 Å². The number of hydrogen-bond donors (Lipinski definition) is 3. The molecule has 47 heavy (non-hydrogen) atoms. The predicted octanol–water partition coefficient (Wildman–Crippen LogP) is 3.49. The number of nitrogens with zero attached hydrogens (tertiary/aromatic N) is 4. The largest absolute Gasteiger partial charge is 0.490 e. The van der Waals surface area contributed by atoms with E-state index in [1.54, 1.807) is 9.80 Å². The van der Waals surface area contributed by atoms with Gasteiger partial charge in [-0.3, -0.25) is 19.0 Å². The number of carbonyl (C=O) groups is 4. The Hall–Kier alpha value is -4.92. The van der Waals surface area contributed by atoms with Gasteiger partial charge in [-0.25, -0.2) is 4.79 Å². The van der Waals surface area contributed by atoms with Crippen LogP contribution in [0.15, 0.2) is 60.7 Å². The van der Waals surface area contributed by atoms with Gasteiger partial charge >= 0.3 is 18.2 Å². The van der Waals surface area contributed by atoms with Gasteiger partial charge in [0.25, 0.3) is 5.91 Å². The third-order valence-corrected chi connectivity index (χ3v) is 7.17. The van der Waals surface area contributed by atoms with Crippen LogP contribution in [0.25, 0.3) is 16.9 Å². The van der Waals surface area contributed by atoms with E-state index in [-0.39, 0.29) is 36.7 Å². The van der Waals surface area contributed by atoms with E-state index < -0.39 is 18.1 Å². The molecule has 1 aromatic heterocycles. The second kappa shape index (κ2) is 16.6. The molecule has 2 aromatic carbocycles. The summed E-state index contributed by atoms with van der Waals surface area (Å²) in [7, 11) is 0. The standard InChI is InChI=1S/C30H38N6O4.C2HF3O2/c1-4-40-30-33-27(28(22-11-7-5-8-12-22)36(30)23-13-9-6-10-14-23)29(39)34-18-17-32-19-24(34)20-35(21(2)3)26(38)16-15-25(31)37;3-2(4,5)1(6)7/h5-14,21,24,32H,4,15-20H2,1-3H3,(H2,31,37);(H,6,7)/t24-;/m0./s1. The number of hydrogen-bond acceptors (Lipinski definition) is 7. The quantitative estimate of drug-likeness (QED) is 0.282. The number of carboxylic acids is 1. The molecule has 2 heterocycles. The second-order valence-electron chi connectivity index (χ2n) is 10.8. The summed E-state index contributed by atoms with van der Waals surface area (Å²) in [5, 5.41) is 10.5. The number of para-hydroxylation sites is 1. The monoisotopic (exact) mass is 660 g/mol. The molecule has 0 aliphatic carbocycles. The van der Waals surface area contributed by atoms with Crippen molar-refractivity contribution in [2.45, 2.75) is 51.9 Å². The highest BCUT2D eigenvalue weighted by atomic mass is 19.4. The molecule has 0 bridgehead atoms. The van der Waals surface area contributed by atoms with Gasteiger partial charge in [0.05, 0.1) is 24.0 Å². The van der Waals surface area contributed by atoms with Crippen molar-refractivity contribution in [2.24, 2.45) is 5.73 Å². The number of aliphatic carboxylic acids is 1. The number of nitrogens with one attached hydrogen (secondary N) is 1. The molecule has 1 saturated heterocycles. The van der Waals surface area contributed by atoms with Crippen molar-refractivity contribution in [1.82, 2.24) is 24.7 Å². The van der Waals surface area contributed by atoms with Gasteiger partial charge in [0.15, 0.2) is 5.69 Å². The Labute approximate surface area is 270 Å². The van der Waals surface area contributed by atoms with E-state index in [1.165, 1.54) is 0 Å². The lowest BCUT2D eigenvalue weighted by Gasteiger charge is -2.40. The maximum atomic E-state index is 14.3. The average molecular weight is 661 g/mol. The van der Waals surface area contributed by atoms with Gasteiger partial charge < -0.3 is 30.7 Å². The van der Waals surface area contributed by atoms with Gasteiger partial charge in [-0.05, 0) is 32.9 Å². The van der Waals surface area contributed by atoms with Crippen LogP contribution < -0.4 is 15.8 Å². The van der Waals surface area contributed by atoms with Crippen molar-refractivity contribution in [3.05, 3.63) is 66.4 Å². The van der Waals surface area contributed by atoms with Crippen LogP contribution in [0.3, 0.4) is 0 Å². The Morgan fingerprint density at radius 3 is 2.19 bits per heavy atom. The minimum atomic E-state index is -5.08. The molecule has 15 heteroatoms. The molecule has 254 valence electrons.